The van der Waals surface area contributed by atoms with Gasteiger partial charge in [-0.3, -0.25) is 0 Å². The van der Waals surface area contributed by atoms with Gasteiger partial charge in [0, 0.05) is 31.1 Å². The third-order valence-electron chi connectivity index (χ3n) is 4.27. The van der Waals surface area contributed by atoms with E-state index >= 15 is 0 Å². The Labute approximate surface area is 93.0 Å². The fourth-order valence-corrected chi connectivity index (χ4v) is 2.78. The summed E-state index contributed by atoms with van der Waals surface area (Å²) in [6.07, 6.45) is 0. The van der Waals surface area contributed by atoms with Gasteiger partial charge in [-0.25, -0.2) is 0 Å². The number of hydrogen-bond acceptors (Lipinski definition) is 3. The van der Waals surface area contributed by atoms with Crippen molar-refractivity contribution >= 4 is 0 Å². The summed E-state index contributed by atoms with van der Waals surface area (Å²) in [4.78, 5) is 2.56. The van der Waals surface area contributed by atoms with Crippen LogP contribution >= 0.6 is 0 Å². The number of hydrogen-bond donors (Lipinski definition) is 1. The summed E-state index contributed by atoms with van der Waals surface area (Å²) >= 11 is 0. The second-order valence-corrected chi connectivity index (χ2v) is 5.92. The topological polar surface area (TPSA) is 38.5 Å². The van der Waals surface area contributed by atoms with E-state index in [1.54, 1.807) is 0 Å². The molecule has 2 fully saturated rings. The van der Waals surface area contributed by atoms with Gasteiger partial charge in [-0.2, -0.15) is 0 Å². The van der Waals surface area contributed by atoms with Crippen LogP contribution in [0, 0.1) is 17.3 Å². The van der Waals surface area contributed by atoms with Crippen LogP contribution < -0.4 is 5.73 Å². The predicted molar refractivity (Wildman–Crippen MR) is 61.7 cm³/mol. The van der Waals surface area contributed by atoms with E-state index in [9.17, 15) is 0 Å². The average molecular weight is 212 g/mol. The van der Waals surface area contributed by atoms with Crippen molar-refractivity contribution < 1.29 is 4.74 Å². The molecule has 0 aromatic rings. The Bertz CT molecular complexity index is 224. The number of likely N-dealkylation sites (tertiary alicyclic amines) is 1. The highest BCUT2D eigenvalue weighted by molar-refractivity contribution is 4.94. The Morgan fingerprint density at radius 2 is 1.93 bits per heavy atom. The molecule has 0 radical (unpaired) electrons. The van der Waals surface area contributed by atoms with E-state index in [0.29, 0.717) is 0 Å². The third-order valence-corrected chi connectivity index (χ3v) is 4.27. The largest absolute Gasteiger partial charge is 0.379 e. The van der Waals surface area contributed by atoms with Crippen LogP contribution in [0.2, 0.25) is 0 Å². The van der Waals surface area contributed by atoms with E-state index in [-0.39, 0.29) is 11.5 Å². The van der Waals surface area contributed by atoms with E-state index in [4.69, 9.17) is 10.5 Å². The molecule has 3 nitrogen and oxygen atoms in total. The number of nitrogens with zero attached hydrogens (tertiary/aromatic N) is 1. The van der Waals surface area contributed by atoms with E-state index in [2.05, 4.69) is 25.7 Å². The first-order valence-corrected chi connectivity index (χ1v) is 6.07. The summed E-state index contributed by atoms with van der Waals surface area (Å²) in [6, 6.07) is 0.212. The summed E-state index contributed by atoms with van der Waals surface area (Å²) in [5.74, 6) is 1.65. The van der Waals surface area contributed by atoms with Gasteiger partial charge in [-0.1, -0.05) is 20.8 Å². The van der Waals surface area contributed by atoms with Gasteiger partial charge in [0.2, 0.25) is 0 Å². The van der Waals surface area contributed by atoms with Gasteiger partial charge in [0.05, 0.1) is 13.2 Å². The molecule has 0 aliphatic carbocycles. The highest BCUT2D eigenvalue weighted by Gasteiger charge is 2.40. The van der Waals surface area contributed by atoms with Gasteiger partial charge in [-0.05, 0) is 11.8 Å². The van der Waals surface area contributed by atoms with Gasteiger partial charge in [0.15, 0.2) is 0 Å². The van der Waals surface area contributed by atoms with E-state index < -0.39 is 0 Å². The summed E-state index contributed by atoms with van der Waals surface area (Å²) in [5.41, 5.74) is 6.28. The van der Waals surface area contributed by atoms with Gasteiger partial charge in [-0.15, -0.1) is 0 Å². The minimum absolute atomic E-state index is 0.170. The molecule has 0 amide bonds. The minimum atomic E-state index is 0.170. The second-order valence-electron chi connectivity index (χ2n) is 5.92. The lowest BCUT2D eigenvalue weighted by atomic mass is 9.85. The molecule has 3 heteroatoms. The number of rotatable bonds is 2. The summed E-state index contributed by atoms with van der Waals surface area (Å²) in [6.45, 7) is 12.1. The van der Waals surface area contributed by atoms with Crippen LogP contribution in [0.25, 0.3) is 0 Å². The summed E-state index contributed by atoms with van der Waals surface area (Å²) in [5, 5.41) is 0. The highest BCUT2D eigenvalue weighted by atomic mass is 16.5. The lowest BCUT2D eigenvalue weighted by molar-refractivity contribution is 0.128. The average Bonchev–Trinajstić information content (AvgIpc) is 2.60. The Morgan fingerprint density at radius 1 is 1.33 bits per heavy atom. The molecule has 15 heavy (non-hydrogen) atoms. The van der Waals surface area contributed by atoms with Crippen LogP contribution in [-0.4, -0.2) is 43.8 Å². The van der Waals surface area contributed by atoms with Crippen molar-refractivity contribution in [2.45, 2.75) is 26.8 Å². The van der Waals surface area contributed by atoms with Crippen LogP contribution in [-0.2, 0) is 4.74 Å². The van der Waals surface area contributed by atoms with Gasteiger partial charge in [0.25, 0.3) is 0 Å². The van der Waals surface area contributed by atoms with Crippen molar-refractivity contribution in [3.63, 3.8) is 0 Å². The quantitative estimate of drug-likeness (QED) is 0.740. The molecule has 2 saturated heterocycles. The smallest absolute Gasteiger partial charge is 0.0624 e. The Hall–Kier alpha value is -0.120. The van der Waals surface area contributed by atoms with Crippen molar-refractivity contribution in [3.05, 3.63) is 0 Å². The van der Waals surface area contributed by atoms with E-state index in [0.717, 1.165) is 31.6 Å². The lowest BCUT2D eigenvalue weighted by Crippen LogP contribution is -2.46. The fraction of sp³-hybridized carbons (Fsp3) is 1.00. The first-order chi connectivity index (χ1) is 7.01. The van der Waals surface area contributed by atoms with Gasteiger partial charge >= 0.3 is 0 Å². The van der Waals surface area contributed by atoms with Crippen LogP contribution in [0.4, 0.5) is 0 Å². The molecule has 2 aliphatic rings. The molecule has 4 unspecified atom stereocenters. The zero-order chi connectivity index (χ0) is 11.1. The zero-order valence-corrected chi connectivity index (χ0v) is 10.2. The van der Waals surface area contributed by atoms with Crippen molar-refractivity contribution in [3.8, 4) is 0 Å². The molecule has 0 spiro atoms. The van der Waals surface area contributed by atoms with Crippen molar-refractivity contribution in [1.82, 2.24) is 4.90 Å². The SMILES string of the molecule is CC1CN(CC2(C)COCC2N)CC1C. The lowest BCUT2D eigenvalue weighted by Gasteiger charge is -2.31. The maximum absolute atomic E-state index is 6.11. The molecule has 0 aromatic heterocycles. The van der Waals surface area contributed by atoms with Crippen LogP contribution in [0.1, 0.15) is 20.8 Å². The van der Waals surface area contributed by atoms with Crippen molar-refractivity contribution in [2.24, 2.45) is 23.0 Å². The Kier molecular flexibility index (Phi) is 3.06. The summed E-state index contributed by atoms with van der Waals surface area (Å²) in [7, 11) is 0. The van der Waals surface area contributed by atoms with Gasteiger partial charge in [0.1, 0.15) is 0 Å². The number of ether oxygens (including phenoxy) is 1. The molecule has 0 aromatic carbocycles. The van der Waals surface area contributed by atoms with Crippen molar-refractivity contribution in [1.29, 1.82) is 0 Å². The van der Waals surface area contributed by atoms with E-state index in [1.165, 1.54) is 13.1 Å². The molecular weight excluding hydrogens is 188 g/mol. The molecule has 2 aliphatic heterocycles. The molecule has 0 bridgehead atoms. The van der Waals surface area contributed by atoms with Crippen molar-refractivity contribution in [2.75, 3.05) is 32.8 Å². The molecule has 88 valence electrons. The standard InChI is InChI=1S/C12H24N2O/c1-9-4-14(5-10(9)2)7-12(3)8-15-6-11(12)13/h9-11H,4-8,13H2,1-3H3. The minimum Gasteiger partial charge on any atom is -0.379 e. The zero-order valence-electron chi connectivity index (χ0n) is 10.2. The molecule has 4 atom stereocenters. The first kappa shape index (κ1) is 11.4. The van der Waals surface area contributed by atoms with Gasteiger partial charge < -0.3 is 15.4 Å². The third kappa shape index (κ3) is 2.19. The fourth-order valence-electron chi connectivity index (χ4n) is 2.78. The first-order valence-electron chi connectivity index (χ1n) is 6.07. The molecule has 2 N–H and O–H groups in total. The second kappa shape index (κ2) is 4.04. The van der Waals surface area contributed by atoms with Crippen LogP contribution in [0.3, 0.4) is 0 Å². The highest BCUT2D eigenvalue weighted by Crippen LogP contribution is 2.31. The maximum atomic E-state index is 6.11. The normalized spacial score (nSPS) is 47.6. The summed E-state index contributed by atoms with van der Waals surface area (Å²) < 4.78 is 5.48. The maximum Gasteiger partial charge on any atom is 0.0624 e. The van der Waals surface area contributed by atoms with Crippen LogP contribution in [0.15, 0.2) is 0 Å². The molecule has 2 rings (SSSR count). The Balaban J connectivity index is 1.92. The predicted octanol–water partition coefficient (Wildman–Crippen LogP) is 0.938. The Morgan fingerprint density at radius 3 is 2.40 bits per heavy atom. The molecule has 0 saturated carbocycles. The molecular formula is C12H24N2O. The molecule has 2 heterocycles. The van der Waals surface area contributed by atoms with Crippen LogP contribution in [0.5, 0.6) is 0 Å². The number of nitrogens with two attached hydrogens (primary N) is 1. The monoisotopic (exact) mass is 212 g/mol. The van der Waals surface area contributed by atoms with E-state index in [1.807, 2.05) is 0 Å².